The number of carboxylic acids is 1. The minimum atomic E-state index is -0.977. The van der Waals surface area contributed by atoms with Gasteiger partial charge in [-0.1, -0.05) is 19.4 Å². The molecule has 0 spiro atoms. The molecule has 0 aliphatic rings. The van der Waals surface area contributed by atoms with Crippen LogP contribution in [-0.4, -0.2) is 11.1 Å². The number of carboxylic acid groups (broad SMARTS) is 1. The van der Waals surface area contributed by atoms with Gasteiger partial charge in [0.15, 0.2) is 5.43 Å². The predicted molar refractivity (Wildman–Crippen MR) is 86.6 cm³/mol. The molecule has 0 fully saturated rings. The summed E-state index contributed by atoms with van der Waals surface area (Å²) in [5.74, 6) is -0.977. The van der Waals surface area contributed by atoms with E-state index in [1.165, 1.54) is 17.4 Å². The van der Waals surface area contributed by atoms with E-state index in [1.807, 2.05) is 18.2 Å². The molecule has 0 saturated carbocycles. The summed E-state index contributed by atoms with van der Waals surface area (Å²) >= 11 is 1.46. The predicted octanol–water partition coefficient (Wildman–Crippen LogP) is 4.07. The van der Waals surface area contributed by atoms with Crippen molar-refractivity contribution >= 4 is 37.5 Å². The van der Waals surface area contributed by atoms with Gasteiger partial charge >= 0.3 is 5.97 Å². The second-order valence-electron chi connectivity index (χ2n) is 5.03. The average Bonchev–Trinajstić information content (AvgIpc) is 2.48. The smallest absolute Gasteiger partial charge is 0.335 e. The van der Waals surface area contributed by atoms with Gasteiger partial charge < -0.3 is 5.11 Å². The molecule has 106 valence electrons. The molecular weight excluding hydrogens is 284 g/mol. The first-order valence-corrected chi connectivity index (χ1v) is 7.64. The van der Waals surface area contributed by atoms with E-state index in [0.717, 1.165) is 33.2 Å². The quantitative estimate of drug-likeness (QED) is 0.742. The highest BCUT2D eigenvalue weighted by atomic mass is 32.1. The zero-order chi connectivity index (χ0) is 15.0. The van der Waals surface area contributed by atoms with Crippen molar-refractivity contribution in [2.75, 3.05) is 0 Å². The molecule has 0 bridgehead atoms. The van der Waals surface area contributed by atoms with E-state index in [1.54, 1.807) is 12.1 Å². The van der Waals surface area contributed by atoms with Crippen LogP contribution in [0, 0.1) is 0 Å². The molecule has 0 saturated heterocycles. The van der Waals surface area contributed by atoms with E-state index in [4.69, 9.17) is 5.11 Å². The van der Waals surface area contributed by atoms with E-state index in [-0.39, 0.29) is 11.0 Å². The molecule has 1 heterocycles. The van der Waals surface area contributed by atoms with Gasteiger partial charge in [0.05, 0.1) is 5.56 Å². The molecule has 1 aromatic heterocycles. The monoisotopic (exact) mass is 298 g/mol. The van der Waals surface area contributed by atoms with Gasteiger partial charge in [-0.05, 0) is 42.3 Å². The van der Waals surface area contributed by atoms with Gasteiger partial charge in [0.1, 0.15) is 0 Å². The third-order valence-corrected chi connectivity index (χ3v) is 4.65. The second-order valence-corrected chi connectivity index (χ2v) is 6.11. The van der Waals surface area contributed by atoms with E-state index >= 15 is 0 Å². The molecule has 0 aliphatic heterocycles. The highest BCUT2D eigenvalue weighted by Gasteiger charge is 2.10. The van der Waals surface area contributed by atoms with Gasteiger partial charge in [0.2, 0.25) is 0 Å². The maximum atomic E-state index is 12.6. The van der Waals surface area contributed by atoms with Gasteiger partial charge in [-0.15, -0.1) is 11.3 Å². The van der Waals surface area contributed by atoms with Crippen LogP contribution in [0.15, 0.2) is 41.2 Å². The van der Waals surface area contributed by atoms with Crippen LogP contribution in [-0.2, 0) is 6.42 Å². The fourth-order valence-corrected chi connectivity index (χ4v) is 3.57. The molecule has 0 amide bonds. The van der Waals surface area contributed by atoms with Crippen LogP contribution in [0.4, 0.5) is 0 Å². The minimum absolute atomic E-state index is 0.0198. The molecule has 0 atom stereocenters. The van der Waals surface area contributed by atoms with Crippen molar-refractivity contribution in [2.45, 2.75) is 19.8 Å². The summed E-state index contributed by atoms with van der Waals surface area (Å²) in [6, 6.07) is 10.6. The van der Waals surface area contributed by atoms with Crippen LogP contribution >= 0.6 is 11.3 Å². The van der Waals surface area contributed by atoms with Crippen LogP contribution in [0.3, 0.4) is 0 Å². The lowest BCUT2D eigenvalue weighted by Crippen LogP contribution is -2.03. The minimum Gasteiger partial charge on any atom is -0.478 e. The maximum Gasteiger partial charge on any atom is 0.335 e. The van der Waals surface area contributed by atoms with Crippen LogP contribution < -0.4 is 5.43 Å². The summed E-state index contributed by atoms with van der Waals surface area (Å²) in [4.78, 5) is 23.6. The molecule has 3 aromatic rings. The number of hydrogen-bond donors (Lipinski definition) is 1. The lowest BCUT2D eigenvalue weighted by atomic mass is 10.1. The molecule has 21 heavy (non-hydrogen) atoms. The fraction of sp³-hybridized carbons (Fsp3) is 0.176. The first kappa shape index (κ1) is 13.8. The van der Waals surface area contributed by atoms with Crippen molar-refractivity contribution in [1.82, 2.24) is 0 Å². The third kappa shape index (κ3) is 2.43. The molecule has 3 rings (SSSR count). The highest BCUT2D eigenvalue weighted by Crippen LogP contribution is 2.26. The Morgan fingerprint density at radius 2 is 1.90 bits per heavy atom. The molecule has 0 aliphatic carbocycles. The Labute approximate surface area is 125 Å². The van der Waals surface area contributed by atoms with Gasteiger partial charge in [-0.2, -0.15) is 0 Å². The van der Waals surface area contributed by atoms with Gasteiger partial charge in [-0.3, -0.25) is 4.79 Å². The van der Waals surface area contributed by atoms with Crippen LogP contribution in [0.1, 0.15) is 29.3 Å². The highest BCUT2D eigenvalue weighted by molar-refractivity contribution is 7.24. The normalized spacial score (nSPS) is 11.1. The number of aryl methyl sites for hydroxylation is 1. The van der Waals surface area contributed by atoms with Gasteiger partial charge in [0.25, 0.3) is 0 Å². The molecule has 0 unspecified atom stereocenters. The topological polar surface area (TPSA) is 54.4 Å². The van der Waals surface area contributed by atoms with Crippen LogP contribution in [0.25, 0.3) is 20.2 Å². The Hall–Kier alpha value is -2.20. The van der Waals surface area contributed by atoms with Crippen LogP contribution in [0.2, 0.25) is 0 Å². The maximum absolute atomic E-state index is 12.6. The molecule has 0 radical (unpaired) electrons. The first-order chi connectivity index (χ1) is 10.1. The number of aromatic carboxylic acids is 1. The second kappa shape index (κ2) is 5.30. The van der Waals surface area contributed by atoms with Gasteiger partial charge in [-0.25, -0.2) is 4.79 Å². The Kier molecular flexibility index (Phi) is 3.47. The first-order valence-electron chi connectivity index (χ1n) is 6.83. The van der Waals surface area contributed by atoms with E-state index in [0.29, 0.717) is 5.39 Å². The van der Waals surface area contributed by atoms with E-state index < -0.39 is 5.97 Å². The number of carbonyl (C=O) groups is 1. The summed E-state index contributed by atoms with van der Waals surface area (Å²) in [6.07, 6.45) is 1.99. The lowest BCUT2D eigenvalue weighted by molar-refractivity contribution is 0.0697. The molecule has 2 aromatic carbocycles. The third-order valence-electron chi connectivity index (χ3n) is 3.52. The van der Waals surface area contributed by atoms with Crippen LogP contribution in [0.5, 0.6) is 0 Å². The molecular formula is C17H14O3S. The van der Waals surface area contributed by atoms with Crippen molar-refractivity contribution in [3.63, 3.8) is 0 Å². The summed E-state index contributed by atoms with van der Waals surface area (Å²) in [6.45, 7) is 2.11. The number of benzene rings is 2. The van der Waals surface area contributed by atoms with Crippen molar-refractivity contribution in [2.24, 2.45) is 0 Å². The van der Waals surface area contributed by atoms with E-state index in [2.05, 4.69) is 6.92 Å². The number of fused-ring (bicyclic) bond motifs is 2. The Balaban J connectivity index is 2.32. The van der Waals surface area contributed by atoms with Crippen molar-refractivity contribution in [1.29, 1.82) is 0 Å². The summed E-state index contributed by atoms with van der Waals surface area (Å²) in [7, 11) is 0. The largest absolute Gasteiger partial charge is 0.478 e. The molecule has 3 nitrogen and oxygen atoms in total. The zero-order valence-corrected chi connectivity index (χ0v) is 12.4. The van der Waals surface area contributed by atoms with Crippen molar-refractivity contribution in [3.8, 4) is 0 Å². The van der Waals surface area contributed by atoms with Gasteiger partial charge in [0, 0.05) is 20.2 Å². The molecule has 1 N–H and O–H groups in total. The summed E-state index contributed by atoms with van der Waals surface area (Å²) in [5, 5.41) is 10.4. The average molecular weight is 298 g/mol. The zero-order valence-electron chi connectivity index (χ0n) is 11.6. The lowest BCUT2D eigenvalue weighted by Gasteiger charge is -2.04. The van der Waals surface area contributed by atoms with E-state index in [9.17, 15) is 9.59 Å². The Morgan fingerprint density at radius 3 is 2.62 bits per heavy atom. The molecule has 4 heteroatoms. The Morgan fingerprint density at radius 1 is 1.10 bits per heavy atom. The summed E-state index contributed by atoms with van der Waals surface area (Å²) < 4.78 is 1.62. The van der Waals surface area contributed by atoms with Crippen molar-refractivity contribution < 1.29 is 9.90 Å². The number of rotatable bonds is 3. The Bertz CT molecular complexity index is 909. The standard InChI is InChI=1S/C17H14O3S/c1-2-3-10-4-7-14-13(8-10)16(18)12-6-5-11(17(19)20)9-15(12)21-14/h4-9H,2-3H2,1H3,(H,19,20). The van der Waals surface area contributed by atoms with Crippen molar-refractivity contribution in [3.05, 3.63) is 57.7 Å². The number of hydrogen-bond acceptors (Lipinski definition) is 3. The summed E-state index contributed by atoms with van der Waals surface area (Å²) in [5.41, 5.74) is 1.35. The SMILES string of the molecule is CCCc1ccc2sc3cc(C(=O)O)ccc3c(=O)c2c1. The fourth-order valence-electron chi connectivity index (χ4n) is 2.48.